The highest BCUT2D eigenvalue weighted by molar-refractivity contribution is 5.78. The Labute approximate surface area is 104 Å². The van der Waals surface area contributed by atoms with E-state index in [0.29, 0.717) is 5.92 Å². The number of carbonyl (C=O) groups is 1. The van der Waals surface area contributed by atoms with Crippen molar-refractivity contribution in [2.75, 3.05) is 26.8 Å². The number of nitrogens with one attached hydrogen (secondary N) is 1. The third-order valence-electron chi connectivity index (χ3n) is 3.78. The summed E-state index contributed by atoms with van der Waals surface area (Å²) in [5.41, 5.74) is 2.21. The van der Waals surface area contributed by atoms with Gasteiger partial charge in [0.25, 0.3) is 0 Å². The van der Waals surface area contributed by atoms with E-state index in [-0.39, 0.29) is 17.9 Å². The molecule has 0 saturated carbocycles. The molecule has 5 heteroatoms. The monoisotopic (exact) mass is 243 g/mol. The lowest BCUT2D eigenvalue weighted by Gasteiger charge is -2.33. The molecule has 0 aromatic rings. The normalized spacial score (nSPS) is 24.4. The van der Waals surface area contributed by atoms with Crippen molar-refractivity contribution < 1.29 is 9.53 Å². The van der Waals surface area contributed by atoms with E-state index in [4.69, 9.17) is 10.6 Å². The molecular formula is C12H25N3O2. The molecule has 1 rings (SSSR count). The van der Waals surface area contributed by atoms with Crippen LogP contribution in [0.25, 0.3) is 0 Å². The zero-order valence-electron chi connectivity index (χ0n) is 11.1. The van der Waals surface area contributed by atoms with Crippen LogP contribution in [0.5, 0.6) is 0 Å². The minimum Gasteiger partial charge on any atom is -0.381 e. The van der Waals surface area contributed by atoms with E-state index in [1.807, 2.05) is 6.92 Å². The number of rotatable bonds is 5. The molecular weight excluding hydrogens is 218 g/mol. The van der Waals surface area contributed by atoms with Gasteiger partial charge < -0.3 is 9.64 Å². The van der Waals surface area contributed by atoms with Gasteiger partial charge in [-0.1, -0.05) is 6.92 Å². The van der Waals surface area contributed by atoms with Gasteiger partial charge in [-0.15, -0.1) is 0 Å². The maximum atomic E-state index is 11.5. The number of amides is 1. The molecule has 0 spiro atoms. The van der Waals surface area contributed by atoms with Crippen LogP contribution in [-0.2, 0) is 9.53 Å². The minimum atomic E-state index is -0.107. The van der Waals surface area contributed by atoms with Gasteiger partial charge in [0, 0.05) is 19.2 Å². The first kappa shape index (κ1) is 14.4. The number of nitrogens with two attached hydrogens (primary N) is 1. The van der Waals surface area contributed by atoms with Gasteiger partial charge in [-0.2, -0.15) is 0 Å². The van der Waals surface area contributed by atoms with Gasteiger partial charge in [0.05, 0.1) is 12.5 Å². The highest BCUT2D eigenvalue weighted by atomic mass is 16.5. The number of hydrogen-bond donors (Lipinski definition) is 2. The third kappa shape index (κ3) is 4.26. The summed E-state index contributed by atoms with van der Waals surface area (Å²) in [5.74, 6) is 5.53. The van der Waals surface area contributed by atoms with E-state index in [0.717, 1.165) is 26.2 Å². The third-order valence-corrected chi connectivity index (χ3v) is 3.78. The van der Waals surface area contributed by atoms with Gasteiger partial charge in [0.15, 0.2) is 0 Å². The van der Waals surface area contributed by atoms with Crippen LogP contribution < -0.4 is 11.3 Å². The maximum Gasteiger partial charge on any atom is 0.238 e. The van der Waals surface area contributed by atoms with E-state index >= 15 is 0 Å². The lowest BCUT2D eigenvalue weighted by molar-refractivity contribution is -0.126. The van der Waals surface area contributed by atoms with Crippen molar-refractivity contribution in [3.63, 3.8) is 0 Å². The Morgan fingerprint density at radius 2 is 2.29 bits per heavy atom. The molecule has 0 bridgehead atoms. The Kier molecular flexibility index (Phi) is 5.88. The highest BCUT2D eigenvalue weighted by Gasteiger charge is 2.25. The van der Waals surface area contributed by atoms with Crippen molar-refractivity contribution in [3.05, 3.63) is 0 Å². The summed E-state index contributed by atoms with van der Waals surface area (Å²) in [6, 6.07) is 0.181. The number of hydrogen-bond acceptors (Lipinski definition) is 4. The van der Waals surface area contributed by atoms with Crippen LogP contribution in [0.2, 0.25) is 0 Å². The lowest BCUT2D eigenvalue weighted by Crippen LogP contribution is -2.46. The molecule has 0 radical (unpaired) electrons. The van der Waals surface area contributed by atoms with Crippen molar-refractivity contribution in [1.82, 2.24) is 10.3 Å². The summed E-state index contributed by atoms with van der Waals surface area (Å²) in [7, 11) is 2.06. The Morgan fingerprint density at radius 1 is 1.59 bits per heavy atom. The lowest BCUT2D eigenvalue weighted by atomic mass is 9.97. The molecule has 17 heavy (non-hydrogen) atoms. The number of carbonyl (C=O) groups excluding carboxylic acids is 1. The van der Waals surface area contributed by atoms with Gasteiger partial charge >= 0.3 is 0 Å². The topological polar surface area (TPSA) is 67.6 Å². The molecule has 1 saturated heterocycles. The predicted octanol–water partition coefficient (Wildman–Crippen LogP) is 0.359. The van der Waals surface area contributed by atoms with Crippen LogP contribution in [0.15, 0.2) is 0 Å². The molecule has 0 aromatic heterocycles. The fraction of sp³-hybridized carbons (Fsp3) is 0.917. The van der Waals surface area contributed by atoms with Crippen LogP contribution >= 0.6 is 0 Å². The smallest absolute Gasteiger partial charge is 0.238 e. The second-order valence-corrected chi connectivity index (χ2v) is 5.06. The first-order valence-electron chi connectivity index (χ1n) is 6.34. The van der Waals surface area contributed by atoms with Crippen molar-refractivity contribution in [3.8, 4) is 0 Å². The Morgan fingerprint density at radius 3 is 2.82 bits per heavy atom. The van der Waals surface area contributed by atoms with E-state index in [1.54, 1.807) is 0 Å². The highest BCUT2D eigenvalue weighted by Crippen LogP contribution is 2.17. The van der Waals surface area contributed by atoms with Crippen LogP contribution in [0, 0.1) is 11.8 Å². The van der Waals surface area contributed by atoms with Gasteiger partial charge in [0.1, 0.15) is 0 Å². The van der Waals surface area contributed by atoms with Crippen LogP contribution in [0.3, 0.4) is 0 Å². The summed E-state index contributed by atoms with van der Waals surface area (Å²) >= 11 is 0. The average molecular weight is 243 g/mol. The van der Waals surface area contributed by atoms with Crippen LogP contribution in [0.4, 0.5) is 0 Å². The molecule has 3 N–H and O–H groups in total. The van der Waals surface area contributed by atoms with E-state index < -0.39 is 0 Å². The molecule has 1 amide bonds. The number of nitrogens with zero attached hydrogens (tertiary/aromatic N) is 1. The zero-order chi connectivity index (χ0) is 12.8. The van der Waals surface area contributed by atoms with E-state index in [2.05, 4.69) is 24.3 Å². The fourth-order valence-electron chi connectivity index (χ4n) is 2.26. The first-order chi connectivity index (χ1) is 8.06. The Balaban J connectivity index is 2.39. The Bertz CT molecular complexity index is 242. The predicted molar refractivity (Wildman–Crippen MR) is 67.1 cm³/mol. The molecule has 5 nitrogen and oxygen atoms in total. The van der Waals surface area contributed by atoms with Gasteiger partial charge in [0.2, 0.25) is 5.91 Å². The van der Waals surface area contributed by atoms with Gasteiger partial charge in [-0.05, 0) is 32.7 Å². The molecule has 1 fully saturated rings. The molecule has 0 aromatic carbocycles. The van der Waals surface area contributed by atoms with Gasteiger partial charge in [-0.3, -0.25) is 10.2 Å². The fourth-order valence-corrected chi connectivity index (χ4v) is 2.26. The van der Waals surface area contributed by atoms with Crippen molar-refractivity contribution in [1.29, 1.82) is 0 Å². The van der Waals surface area contributed by atoms with Crippen molar-refractivity contribution >= 4 is 5.91 Å². The molecule has 1 heterocycles. The first-order valence-corrected chi connectivity index (χ1v) is 6.34. The largest absolute Gasteiger partial charge is 0.381 e. The summed E-state index contributed by atoms with van der Waals surface area (Å²) in [4.78, 5) is 13.7. The molecule has 1 aliphatic rings. The summed E-state index contributed by atoms with van der Waals surface area (Å²) in [6.07, 6.45) is 2.36. The summed E-state index contributed by atoms with van der Waals surface area (Å²) in [6.45, 7) is 6.67. The summed E-state index contributed by atoms with van der Waals surface area (Å²) < 4.78 is 5.47. The van der Waals surface area contributed by atoms with E-state index in [1.165, 1.54) is 6.42 Å². The van der Waals surface area contributed by atoms with Crippen molar-refractivity contribution in [2.24, 2.45) is 17.7 Å². The van der Waals surface area contributed by atoms with Gasteiger partial charge in [-0.25, -0.2) is 5.84 Å². The molecule has 3 unspecified atom stereocenters. The minimum absolute atomic E-state index is 0.102. The van der Waals surface area contributed by atoms with Crippen LogP contribution in [-0.4, -0.2) is 43.7 Å². The SMILES string of the molecule is CC(C(=O)NN)C(C)N(C)CC1CCCOC1. The second kappa shape index (κ2) is 6.93. The Hall–Kier alpha value is -0.650. The molecule has 100 valence electrons. The molecule has 0 aliphatic carbocycles. The van der Waals surface area contributed by atoms with Crippen molar-refractivity contribution in [2.45, 2.75) is 32.7 Å². The zero-order valence-corrected chi connectivity index (χ0v) is 11.1. The molecule has 3 atom stereocenters. The van der Waals surface area contributed by atoms with E-state index in [9.17, 15) is 4.79 Å². The number of hydrazine groups is 1. The quantitative estimate of drug-likeness (QED) is 0.415. The number of ether oxygens (including phenoxy) is 1. The summed E-state index contributed by atoms with van der Waals surface area (Å²) in [5, 5.41) is 0. The second-order valence-electron chi connectivity index (χ2n) is 5.06. The maximum absolute atomic E-state index is 11.5. The molecule has 1 aliphatic heterocycles. The standard InChI is InChI=1S/C12H25N3O2/c1-9(12(16)14-13)10(2)15(3)7-11-5-4-6-17-8-11/h9-11H,4-8,13H2,1-3H3,(H,14,16). The van der Waals surface area contributed by atoms with Crippen LogP contribution in [0.1, 0.15) is 26.7 Å². The average Bonchev–Trinajstić information content (AvgIpc) is 2.37.